The van der Waals surface area contributed by atoms with Crippen LogP contribution in [0.15, 0.2) is 59.9 Å². The molecule has 1 fully saturated rings. The van der Waals surface area contributed by atoms with Crippen LogP contribution in [0.4, 0.5) is 0 Å². The molecule has 2 heterocycles. The summed E-state index contributed by atoms with van der Waals surface area (Å²) in [5.41, 5.74) is 5.87. The highest BCUT2D eigenvalue weighted by Gasteiger charge is 2.26. The monoisotopic (exact) mass is 411 g/mol. The van der Waals surface area contributed by atoms with Crippen molar-refractivity contribution in [2.24, 2.45) is 0 Å². The quantitative estimate of drug-likeness (QED) is 0.626. The average molecular weight is 412 g/mol. The minimum atomic E-state index is -3.52. The molecule has 1 atom stereocenters. The summed E-state index contributed by atoms with van der Waals surface area (Å²) in [7, 11) is -3.52. The smallest absolute Gasteiger partial charge is 0.240 e. The van der Waals surface area contributed by atoms with E-state index in [4.69, 9.17) is 4.74 Å². The molecule has 0 spiro atoms. The van der Waals surface area contributed by atoms with Crippen LogP contribution in [0, 0.1) is 13.8 Å². The second kappa shape index (κ2) is 8.10. The van der Waals surface area contributed by atoms with Crippen molar-refractivity contribution in [3.63, 3.8) is 0 Å². The maximum atomic E-state index is 12.5. The summed E-state index contributed by atoms with van der Waals surface area (Å²) in [6.45, 7) is 5.11. The molecule has 0 bridgehead atoms. The lowest BCUT2D eigenvalue weighted by Gasteiger charge is -2.26. The number of H-pyrrole nitrogens is 1. The Morgan fingerprint density at radius 3 is 2.55 bits per heavy atom. The summed E-state index contributed by atoms with van der Waals surface area (Å²) in [5.74, 6) is 0.116. The Bertz CT molecular complexity index is 1070. The van der Waals surface area contributed by atoms with Crippen molar-refractivity contribution in [1.29, 1.82) is 0 Å². The van der Waals surface area contributed by atoms with E-state index in [0.29, 0.717) is 13.2 Å². The van der Waals surface area contributed by atoms with E-state index in [2.05, 4.69) is 46.7 Å². The molecular formula is C22H25N3O3S. The van der Waals surface area contributed by atoms with Gasteiger partial charge in [-0.1, -0.05) is 30.3 Å². The summed E-state index contributed by atoms with van der Waals surface area (Å²) in [6.07, 6.45) is 4.30. The second-order valence-corrected chi connectivity index (χ2v) is 9.27. The summed E-state index contributed by atoms with van der Waals surface area (Å²) in [6, 6.07) is 13.3. The molecule has 6 nitrogen and oxygen atoms in total. The molecule has 0 saturated carbocycles. The molecule has 1 aliphatic rings. The van der Waals surface area contributed by atoms with Gasteiger partial charge in [-0.25, -0.2) is 18.1 Å². The highest BCUT2D eigenvalue weighted by atomic mass is 32.2. The van der Waals surface area contributed by atoms with Crippen LogP contribution in [-0.2, 0) is 21.2 Å². The highest BCUT2D eigenvalue weighted by molar-refractivity contribution is 7.89. The normalized spacial score (nSPS) is 15.8. The standard InChI is InChI=1S/C22H25N3O3S/c1-15-4-3-5-20(16(15)2)21(22-11-23-14-24-22)10-17-6-8-19(9-7-17)29(26,27)25-18-12-28-13-18/h3-9,11,14,18,21,25H,10,12-13H2,1-2H3,(H,23,24). The molecule has 0 radical (unpaired) electrons. The first-order valence-electron chi connectivity index (χ1n) is 9.67. The third kappa shape index (κ3) is 4.27. The molecule has 1 saturated heterocycles. The maximum absolute atomic E-state index is 12.5. The van der Waals surface area contributed by atoms with E-state index in [1.54, 1.807) is 18.5 Å². The Morgan fingerprint density at radius 2 is 1.93 bits per heavy atom. The summed E-state index contributed by atoms with van der Waals surface area (Å²) in [4.78, 5) is 7.72. The summed E-state index contributed by atoms with van der Waals surface area (Å²) in [5, 5.41) is 0. The number of nitrogens with one attached hydrogen (secondary N) is 2. The van der Waals surface area contributed by atoms with Crippen molar-refractivity contribution in [2.45, 2.75) is 37.1 Å². The second-order valence-electron chi connectivity index (χ2n) is 7.55. The SMILES string of the molecule is Cc1cccc(C(Cc2ccc(S(=O)(=O)NC3COC3)cc2)c2cnc[nH]2)c1C. The van der Waals surface area contributed by atoms with E-state index in [1.807, 2.05) is 18.3 Å². The highest BCUT2D eigenvalue weighted by Crippen LogP contribution is 2.31. The molecule has 2 aromatic carbocycles. The van der Waals surface area contributed by atoms with Crippen LogP contribution in [0.5, 0.6) is 0 Å². The molecule has 1 aromatic heterocycles. The topological polar surface area (TPSA) is 84.1 Å². The van der Waals surface area contributed by atoms with Crippen LogP contribution >= 0.6 is 0 Å². The van der Waals surface area contributed by atoms with Gasteiger partial charge >= 0.3 is 0 Å². The van der Waals surface area contributed by atoms with Gasteiger partial charge in [0.2, 0.25) is 10.0 Å². The van der Waals surface area contributed by atoms with Gasteiger partial charge in [-0.15, -0.1) is 0 Å². The van der Waals surface area contributed by atoms with Gasteiger partial charge in [0.15, 0.2) is 0 Å². The Labute approximate surface area is 171 Å². The van der Waals surface area contributed by atoms with Crippen LogP contribution in [0.1, 0.15) is 33.9 Å². The van der Waals surface area contributed by atoms with Gasteiger partial charge in [-0.05, 0) is 54.7 Å². The van der Waals surface area contributed by atoms with Crippen molar-refractivity contribution in [3.8, 4) is 0 Å². The summed E-state index contributed by atoms with van der Waals surface area (Å²) >= 11 is 0. The van der Waals surface area contributed by atoms with Crippen molar-refractivity contribution in [2.75, 3.05) is 13.2 Å². The fourth-order valence-electron chi connectivity index (χ4n) is 3.63. The molecule has 2 N–H and O–H groups in total. The lowest BCUT2D eigenvalue weighted by molar-refractivity contribution is 0.00482. The van der Waals surface area contributed by atoms with Gasteiger partial charge in [-0.2, -0.15) is 0 Å². The van der Waals surface area contributed by atoms with Crippen LogP contribution < -0.4 is 4.72 Å². The minimum absolute atomic E-state index is 0.116. The Morgan fingerprint density at radius 1 is 1.17 bits per heavy atom. The van der Waals surface area contributed by atoms with E-state index in [-0.39, 0.29) is 16.9 Å². The molecule has 7 heteroatoms. The van der Waals surface area contributed by atoms with Crippen LogP contribution in [0.3, 0.4) is 0 Å². The zero-order chi connectivity index (χ0) is 20.4. The minimum Gasteiger partial charge on any atom is -0.378 e. The Kier molecular flexibility index (Phi) is 5.54. The molecular weight excluding hydrogens is 386 g/mol. The van der Waals surface area contributed by atoms with Gasteiger partial charge in [-0.3, -0.25) is 0 Å². The van der Waals surface area contributed by atoms with Crippen molar-refractivity contribution in [1.82, 2.24) is 14.7 Å². The van der Waals surface area contributed by atoms with Crippen LogP contribution in [0.2, 0.25) is 0 Å². The predicted octanol–water partition coefficient (Wildman–Crippen LogP) is 3.08. The molecule has 29 heavy (non-hydrogen) atoms. The molecule has 152 valence electrons. The fourth-order valence-corrected chi connectivity index (χ4v) is 4.83. The van der Waals surface area contributed by atoms with Crippen LogP contribution in [-0.4, -0.2) is 37.6 Å². The van der Waals surface area contributed by atoms with E-state index >= 15 is 0 Å². The number of aromatic amines is 1. The number of hydrogen-bond acceptors (Lipinski definition) is 4. The number of rotatable bonds is 7. The molecule has 1 unspecified atom stereocenters. The van der Waals surface area contributed by atoms with Crippen LogP contribution in [0.25, 0.3) is 0 Å². The van der Waals surface area contributed by atoms with Gasteiger partial charge < -0.3 is 9.72 Å². The van der Waals surface area contributed by atoms with Crippen molar-refractivity contribution in [3.05, 3.63) is 82.9 Å². The molecule has 4 rings (SSSR count). The van der Waals surface area contributed by atoms with Gasteiger partial charge in [0.1, 0.15) is 0 Å². The molecule has 1 aliphatic heterocycles. The zero-order valence-electron chi connectivity index (χ0n) is 16.6. The first kappa shape index (κ1) is 19.8. The first-order chi connectivity index (χ1) is 13.9. The number of aryl methyl sites for hydroxylation is 1. The molecule has 3 aromatic rings. The zero-order valence-corrected chi connectivity index (χ0v) is 17.4. The third-order valence-corrected chi connectivity index (χ3v) is 7.09. The first-order valence-corrected chi connectivity index (χ1v) is 11.2. The molecule has 0 aliphatic carbocycles. The van der Waals surface area contributed by atoms with Crippen molar-refractivity contribution < 1.29 is 13.2 Å². The van der Waals surface area contributed by atoms with Gasteiger partial charge in [0.25, 0.3) is 0 Å². The van der Waals surface area contributed by atoms with Gasteiger partial charge in [0, 0.05) is 17.8 Å². The van der Waals surface area contributed by atoms with E-state index < -0.39 is 10.0 Å². The number of benzene rings is 2. The predicted molar refractivity (Wildman–Crippen MR) is 111 cm³/mol. The lowest BCUT2D eigenvalue weighted by Crippen LogP contribution is -2.48. The fraction of sp³-hybridized carbons (Fsp3) is 0.318. The summed E-state index contributed by atoms with van der Waals surface area (Å²) < 4.78 is 32.7. The van der Waals surface area contributed by atoms with E-state index in [1.165, 1.54) is 16.7 Å². The van der Waals surface area contributed by atoms with Crippen molar-refractivity contribution >= 4 is 10.0 Å². The van der Waals surface area contributed by atoms with Gasteiger partial charge in [0.05, 0.1) is 30.5 Å². The largest absolute Gasteiger partial charge is 0.378 e. The lowest BCUT2D eigenvalue weighted by atomic mass is 9.86. The number of sulfonamides is 1. The number of hydrogen-bond donors (Lipinski definition) is 2. The number of imidazole rings is 1. The number of aromatic nitrogens is 2. The average Bonchev–Trinajstić information content (AvgIpc) is 3.20. The molecule has 0 amide bonds. The number of ether oxygens (including phenoxy) is 1. The van der Waals surface area contributed by atoms with E-state index in [9.17, 15) is 8.42 Å². The number of nitrogens with zero attached hydrogens (tertiary/aromatic N) is 1. The Balaban J connectivity index is 1.59. The van der Waals surface area contributed by atoms with E-state index in [0.717, 1.165) is 17.7 Å². The Hall–Kier alpha value is -2.48. The maximum Gasteiger partial charge on any atom is 0.240 e. The third-order valence-electron chi connectivity index (χ3n) is 5.55.